The number of halogens is 3. The highest BCUT2D eigenvalue weighted by Crippen LogP contribution is 2.27. The van der Waals surface area contributed by atoms with Crippen molar-refractivity contribution in [1.82, 2.24) is 10.2 Å². The minimum Gasteiger partial charge on any atom is -0.395 e. The summed E-state index contributed by atoms with van der Waals surface area (Å²) in [6.45, 7) is -0.503. The Morgan fingerprint density at radius 2 is 2.07 bits per heavy atom. The lowest BCUT2D eigenvalue weighted by Gasteiger charge is -2.06. The summed E-state index contributed by atoms with van der Waals surface area (Å²) in [6, 6.07) is 3.44. The van der Waals surface area contributed by atoms with Gasteiger partial charge in [-0.2, -0.15) is 23.5 Å². The van der Waals surface area contributed by atoms with E-state index in [1.165, 1.54) is 0 Å². The zero-order valence-electron chi connectivity index (χ0n) is 7.36. The molecule has 0 aliphatic heterocycles. The van der Waals surface area contributed by atoms with E-state index in [9.17, 15) is 13.2 Å². The van der Waals surface area contributed by atoms with Crippen molar-refractivity contribution in [2.24, 2.45) is 0 Å². The third kappa shape index (κ3) is 2.63. The van der Waals surface area contributed by atoms with Crippen molar-refractivity contribution < 1.29 is 18.3 Å². The van der Waals surface area contributed by atoms with Crippen molar-refractivity contribution in [2.75, 3.05) is 6.61 Å². The summed E-state index contributed by atoms with van der Waals surface area (Å²) in [6.07, 6.45) is -4.55. The molecule has 0 aromatic carbocycles. The number of nitrogens with zero attached hydrogens (tertiary/aromatic N) is 3. The lowest BCUT2D eigenvalue weighted by molar-refractivity contribution is -0.141. The van der Waals surface area contributed by atoms with E-state index in [1.807, 2.05) is 0 Å². The maximum Gasteiger partial charge on any atom is 0.435 e. The van der Waals surface area contributed by atoms with Crippen molar-refractivity contribution in [3.63, 3.8) is 0 Å². The Kier molecular flexibility index (Phi) is 3.21. The number of alkyl halides is 3. The molecule has 0 bridgehead atoms. The summed E-state index contributed by atoms with van der Waals surface area (Å²) >= 11 is 0. The molecule has 0 radical (unpaired) electrons. The van der Waals surface area contributed by atoms with E-state index < -0.39 is 24.4 Å². The predicted octanol–water partition coefficient (Wildman–Crippen LogP) is 1.09. The standard InChI is InChI=1S/C8H6F3N3O/c9-8(10,11)7-2-1-6(13-14-7)5(3-12)4-15/h1-2,5,15H,4H2. The lowest BCUT2D eigenvalue weighted by atomic mass is 10.1. The number of nitriles is 1. The minimum atomic E-state index is -4.55. The van der Waals surface area contributed by atoms with Gasteiger partial charge in [0.05, 0.1) is 18.4 Å². The third-order valence-electron chi connectivity index (χ3n) is 1.67. The van der Waals surface area contributed by atoms with E-state index in [1.54, 1.807) is 6.07 Å². The van der Waals surface area contributed by atoms with Gasteiger partial charge in [0.15, 0.2) is 5.69 Å². The molecular formula is C8H6F3N3O. The first-order valence-corrected chi connectivity index (χ1v) is 3.90. The molecule has 0 saturated carbocycles. The van der Waals surface area contributed by atoms with Crippen LogP contribution in [0.4, 0.5) is 13.2 Å². The second-order valence-electron chi connectivity index (χ2n) is 2.71. The summed E-state index contributed by atoms with van der Waals surface area (Å²) in [7, 11) is 0. The zero-order valence-corrected chi connectivity index (χ0v) is 7.36. The van der Waals surface area contributed by atoms with E-state index in [0.717, 1.165) is 12.1 Å². The van der Waals surface area contributed by atoms with Gasteiger partial charge in [-0.15, -0.1) is 5.10 Å². The fourth-order valence-electron chi connectivity index (χ4n) is 0.880. The third-order valence-corrected chi connectivity index (χ3v) is 1.67. The summed E-state index contributed by atoms with van der Waals surface area (Å²) < 4.78 is 36.2. The Bertz CT molecular complexity index is 368. The van der Waals surface area contributed by atoms with Crippen molar-refractivity contribution in [1.29, 1.82) is 5.26 Å². The topological polar surface area (TPSA) is 69.8 Å². The average molecular weight is 217 g/mol. The average Bonchev–Trinajstić information content (AvgIpc) is 2.19. The first-order valence-electron chi connectivity index (χ1n) is 3.90. The fourth-order valence-corrected chi connectivity index (χ4v) is 0.880. The second-order valence-corrected chi connectivity index (χ2v) is 2.71. The minimum absolute atomic E-state index is 0.0213. The summed E-state index contributed by atoms with van der Waals surface area (Å²) in [5.74, 6) is -0.945. The number of hydrogen-bond donors (Lipinski definition) is 1. The largest absolute Gasteiger partial charge is 0.435 e. The summed E-state index contributed by atoms with van der Waals surface area (Å²) in [5.41, 5.74) is -1.10. The van der Waals surface area contributed by atoms with Crippen LogP contribution < -0.4 is 0 Å². The number of rotatable bonds is 2. The molecule has 1 unspecified atom stereocenters. The van der Waals surface area contributed by atoms with Gasteiger partial charge >= 0.3 is 6.18 Å². The number of hydrogen-bond acceptors (Lipinski definition) is 4. The normalized spacial score (nSPS) is 13.3. The molecule has 0 spiro atoms. The molecule has 1 rings (SSSR count). The van der Waals surface area contributed by atoms with Crippen LogP contribution in [0.2, 0.25) is 0 Å². The molecule has 0 amide bonds. The molecule has 1 aromatic heterocycles. The van der Waals surface area contributed by atoms with E-state index >= 15 is 0 Å². The highest BCUT2D eigenvalue weighted by atomic mass is 19.4. The molecule has 7 heteroatoms. The molecule has 80 valence electrons. The van der Waals surface area contributed by atoms with Crippen LogP contribution in [0.1, 0.15) is 17.3 Å². The maximum atomic E-state index is 12.1. The van der Waals surface area contributed by atoms with Gasteiger partial charge < -0.3 is 5.11 Å². The summed E-state index contributed by atoms with van der Waals surface area (Å²) in [5, 5.41) is 23.4. The molecule has 0 aliphatic carbocycles. The van der Waals surface area contributed by atoms with E-state index in [4.69, 9.17) is 10.4 Å². The van der Waals surface area contributed by atoms with Gasteiger partial charge in [0.2, 0.25) is 0 Å². The molecule has 1 atom stereocenters. The van der Waals surface area contributed by atoms with Crippen molar-refractivity contribution in [3.8, 4) is 6.07 Å². The second kappa shape index (κ2) is 4.23. The monoisotopic (exact) mass is 217 g/mol. The molecule has 1 heterocycles. The van der Waals surface area contributed by atoms with E-state index in [0.29, 0.717) is 0 Å². The van der Waals surface area contributed by atoms with Gasteiger partial charge in [-0.05, 0) is 12.1 Å². The molecule has 1 N–H and O–H groups in total. The van der Waals surface area contributed by atoms with Crippen molar-refractivity contribution in [2.45, 2.75) is 12.1 Å². The van der Waals surface area contributed by atoms with Crippen LogP contribution in [0.15, 0.2) is 12.1 Å². The van der Waals surface area contributed by atoms with Gasteiger partial charge in [-0.25, -0.2) is 0 Å². The van der Waals surface area contributed by atoms with Crippen LogP contribution in [-0.4, -0.2) is 21.9 Å². The molecule has 15 heavy (non-hydrogen) atoms. The van der Waals surface area contributed by atoms with E-state index in [-0.39, 0.29) is 5.69 Å². The smallest absolute Gasteiger partial charge is 0.395 e. The van der Waals surface area contributed by atoms with Crippen LogP contribution in [-0.2, 0) is 6.18 Å². The fraction of sp³-hybridized carbons (Fsp3) is 0.375. The summed E-state index contributed by atoms with van der Waals surface area (Å²) in [4.78, 5) is 0. The Morgan fingerprint density at radius 1 is 1.40 bits per heavy atom. The first-order chi connectivity index (χ1) is 6.99. The molecule has 0 aliphatic rings. The van der Waals surface area contributed by atoms with Crippen molar-refractivity contribution >= 4 is 0 Å². The van der Waals surface area contributed by atoms with Crippen molar-refractivity contribution in [3.05, 3.63) is 23.5 Å². The van der Waals surface area contributed by atoms with Crippen LogP contribution in [0, 0.1) is 11.3 Å². The van der Waals surface area contributed by atoms with Gasteiger partial charge in [-0.3, -0.25) is 0 Å². The van der Waals surface area contributed by atoms with Gasteiger partial charge in [0, 0.05) is 0 Å². The highest BCUT2D eigenvalue weighted by molar-refractivity contribution is 5.18. The van der Waals surface area contributed by atoms with Gasteiger partial charge in [0.1, 0.15) is 5.92 Å². The van der Waals surface area contributed by atoms with Gasteiger partial charge in [0.25, 0.3) is 0 Å². The Balaban J connectivity index is 2.96. The van der Waals surface area contributed by atoms with Crippen LogP contribution >= 0.6 is 0 Å². The van der Waals surface area contributed by atoms with Gasteiger partial charge in [-0.1, -0.05) is 0 Å². The number of aromatic nitrogens is 2. The molecule has 4 nitrogen and oxygen atoms in total. The Hall–Kier alpha value is -1.68. The van der Waals surface area contributed by atoms with Crippen LogP contribution in [0.5, 0.6) is 0 Å². The molecule has 1 aromatic rings. The molecule has 0 fully saturated rings. The van der Waals surface area contributed by atoms with E-state index in [2.05, 4.69) is 10.2 Å². The Morgan fingerprint density at radius 3 is 2.40 bits per heavy atom. The Labute approximate surface area is 83.0 Å². The highest BCUT2D eigenvalue weighted by Gasteiger charge is 2.33. The zero-order chi connectivity index (χ0) is 11.5. The number of aliphatic hydroxyl groups is 1. The quantitative estimate of drug-likeness (QED) is 0.805. The lowest BCUT2D eigenvalue weighted by Crippen LogP contribution is -2.12. The SMILES string of the molecule is N#CC(CO)c1ccc(C(F)(F)F)nn1. The molecular weight excluding hydrogens is 211 g/mol. The number of aliphatic hydroxyl groups excluding tert-OH is 1. The first kappa shape index (κ1) is 11.4. The van der Waals surface area contributed by atoms with Crippen LogP contribution in [0.3, 0.4) is 0 Å². The predicted molar refractivity (Wildman–Crippen MR) is 42.5 cm³/mol. The van der Waals surface area contributed by atoms with Crippen LogP contribution in [0.25, 0.3) is 0 Å². The molecule has 0 saturated heterocycles. The maximum absolute atomic E-state index is 12.1.